The van der Waals surface area contributed by atoms with Crippen LogP contribution in [0.15, 0.2) is 29.8 Å². The molecule has 1 saturated heterocycles. The second-order valence-electron chi connectivity index (χ2n) is 7.66. The van der Waals surface area contributed by atoms with Crippen LogP contribution in [0.3, 0.4) is 0 Å². The molecule has 2 heterocycles. The van der Waals surface area contributed by atoms with E-state index in [1.165, 1.54) is 22.5 Å². The van der Waals surface area contributed by atoms with Gasteiger partial charge >= 0.3 is 0 Å². The zero-order chi connectivity index (χ0) is 18.5. The number of likely N-dealkylation sites (tertiary alicyclic amines) is 1. The molecule has 1 fully saturated rings. The third-order valence-electron chi connectivity index (χ3n) is 6.12. The lowest BCUT2D eigenvalue weighted by atomic mass is 9.72. The molecule has 1 aromatic carbocycles. The number of benzene rings is 1. The molecule has 2 aliphatic rings. The van der Waals surface area contributed by atoms with E-state index in [1.54, 1.807) is 5.51 Å². The van der Waals surface area contributed by atoms with Crippen molar-refractivity contribution in [3.8, 4) is 0 Å². The number of aliphatic hydroxyl groups is 1. The van der Waals surface area contributed by atoms with E-state index in [-0.39, 0.29) is 17.4 Å². The SMILES string of the molecule is Cc1ncsc1C(=O)N1CCC2(CC1)c1ccccc1[C@H](N(C)C)[C@H]2O. The summed E-state index contributed by atoms with van der Waals surface area (Å²) in [5.74, 6) is 0.0739. The number of thiazole rings is 1. The molecule has 0 bridgehead atoms. The molecule has 2 atom stereocenters. The Labute approximate surface area is 158 Å². The van der Waals surface area contributed by atoms with Gasteiger partial charge in [-0.15, -0.1) is 11.3 Å². The van der Waals surface area contributed by atoms with Crippen molar-refractivity contribution in [3.63, 3.8) is 0 Å². The molecule has 1 aliphatic heterocycles. The predicted octanol–water partition coefficient (Wildman–Crippen LogP) is 2.60. The Kier molecular flexibility index (Phi) is 4.37. The Morgan fingerprint density at radius 2 is 2.00 bits per heavy atom. The number of amides is 1. The zero-order valence-corrected chi connectivity index (χ0v) is 16.3. The molecule has 4 rings (SSSR count). The van der Waals surface area contributed by atoms with Crippen LogP contribution in [0.4, 0.5) is 0 Å². The molecule has 26 heavy (non-hydrogen) atoms. The van der Waals surface area contributed by atoms with Crippen molar-refractivity contribution < 1.29 is 9.90 Å². The molecule has 5 nitrogen and oxygen atoms in total. The second kappa shape index (κ2) is 6.44. The normalized spacial score (nSPS) is 24.3. The van der Waals surface area contributed by atoms with Gasteiger partial charge in [0.2, 0.25) is 0 Å². The largest absolute Gasteiger partial charge is 0.390 e. The fourth-order valence-electron chi connectivity index (χ4n) is 4.73. The Bertz CT molecular complexity index is 824. The molecular weight excluding hydrogens is 346 g/mol. The number of hydrogen-bond acceptors (Lipinski definition) is 5. The molecule has 1 amide bonds. The number of fused-ring (bicyclic) bond motifs is 2. The van der Waals surface area contributed by atoms with Crippen LogP contribution in [0, 0.1) is 6.92 Å². The van der Waals surface area contributed by atoms with Crippen LogP contribution in [0.1, 0.15) is 45.4 Å². The topological polar surface area (TPSA) is 56.7 Å². The van der Waals surface area contributed by atoms with Gasteiger partial charge in [-0.05, 0) is 45.0 Å². The van der Waals surface area contributed by atoms with Crippen LogP contribution in [0.5, 0.6) is 0 Å². The van der Waals surface area contributed by atoms with Gasteiger partial charge in [0.15, 0.2) is 0 Å². The molecule has 138 valence electrons. The van der Waals surface area contributed by atoms with Crippen molar-refractivity contribution in [2.24, 2.45) is 0 Å². The van der Waals surface area contributed by atoms with Gasteiger partial charge in [-0.2, -0.15) is 0 Å². The zero-order valence-electron chi connectivity index (χ0n) is 15.5. The van der Waals surface area contributed by atoms with E-state index in [0.717, 1.165) is 23.4 Å². The summed E-state index contributed by atoms with van der Waals surface area (Å²) in [6, 6.07) is 8.41. The third kappa shape index (κ3) is 2.51. The standard InChI is InChI=1S/C20H25N3O2S/c1-13-17(26-12-21-13)19(25)23-10-8-20(9-11-23)15-7-5-4-6-14(15)16(18(20)24)22(2)3/h4-7,12,16,18,24H,8-11H2,1-3H3/t16-,18+/m0/s1. The molecular formula is C20H25N3O2S. The molecule has 1 aliphatic carbocycles. The lowest BCUT2D eigenvalue weighted by Crippen LogP contribution is -2.50. The van der Waals surface area contributed by atoms with Crippen LogP contribution < -0.4 is 0 Å². The summed E-state index contributed by atoms with van der Waals surface area (Å²) in [6.45, 7) is 3.22. The minimum Gasteiger partial charge on any atom is -0.390 e. The van der Waals surface area contributed by atoms with E-state index in [1.807, 2.05) is 32.0 Å². The van der Waals surface area contributed by atoms with Gasteiger partial charge in [-0.3, -0.25) is 4.79 Å². The summed E-state index contributed by atoms with van der Waals surface area (Å²) in [5.41, 5.74) is 4.76. The number of nitrogens with zero attached hydrogens (tertiary/aromatic N) is 3. The Balaban J connectivity index is 1.60. The maximum atomic E-state index is 12.8. The highest BCUT2D eigenvalue weighted by molar-refractivity contribution is 7.11. The number of aromatic nitrogens is 1. The summed E-state index contributed by atoms with van der Waals surface area (Å²) >= 11 is 1.41. The number of aryl methyl sites for hydroxylation is 1. The lowest BCUT2D eigenvalue weighted by Gasteiger charge is -2.43. The summed E-state index contributed by atoms with van der Waals surface area (Å²) in [4.78, 5) is 21.8. The fourth-order valence-corrected chi connectivity index (χ4v) is 5.49. The molecule has 0 radical (unpaired) electrons. The number of likely N-dealkylation sites (N-methyl/N-ethyl adjacent to an activating group) is 1. The van der Waals surface area contributed by atoms with Crippen molar-refractivity contribution in [1.29, 1.82) is 0 Å². The van der Waals surface area contributed by atoms with E-state index >= 15 is 0 Å². The molecule has 1 spiro atoms. The highest BCUT2D eigenvalue weighted by Gasteiger charge is 2.53. The minimum atomic E-state index is -0.447. The Hall–Kier alpha value is -1.76. The first-order chi connectivity index (χ1) is 12.5. The molecule has 6 heteroatoms. The smallest absolute Gasteiger partial charge is 0.265 e. The van der Waals surface area contributed by atoms with Gasteiger partial charge < -0.3 is 14.9 Å². The predicted molar refractivity (Wildman–Crippen MR) is 103 cm³/mol. The molecule has 2 aromatic rings. The number of carbonyl (C=O) groups excluding carboxylic acids is 1. The van der Waals surface area contributed by atoms with E-state index in [9.17, 15) is 9.90 Å². The maximum absolute atomic E-state index is 12.8. The Morgan fingerprint density at radius 3 is 2.62 bits per heavy atom. The van der Waals surface area contributed by atoms with E-state index < -0.39 is 6.10 Å². The van der Waals surface area contributed by atoms with Gasteiger partial charge in [0, 0.05) is 18.5 Å². The van der Waals surface area contributed by atoms with Crippen molar-refractivity contribution >= 4 is 17.2 Å². The van der Waals surface area contributed by atoms with Crippen molar-refractivity contribution in [2.45, 2.75) is 37.3 Å². The van der Waals surface area contributed by atoms with Gasteiger partial charge in [0.25, 0.3) is 5.91 Å². The minimum absolute atomic E-state index is 0.0113. The molecule has 0 unspecified atom stereocenters. The van der Waals surface area contributed by atoms with Crippen molar-refractivity contribution in [3.05, 3.63) is 51.5 Å². The molecule has 0 saturated carbocycles. The van der Waals surface area contributed by atoms with Crippen LogP contribution >= 0.6 is 11.3 Å². The Morgan fingerprint density at radius 1 is 1.31 bits per heavy atom. The average molecular weight is 372 g/mol. The van der Waals surface area contributed by atoms with Crippen molar-refractivity contribution in [2.75, 3.05) is 27.2 Å². The highest BCUT2D eigenvalue weighted by Crippen LogP contribution is 2.52. The summed E-state index contributed by atoms with van der Waals surface area (Å²) < 4.78 is 0. The monoisotopic (exact) mass is 371 g/mol. The first-order valence-electron chi connectivity index (χ1n) is 9.09. The van der Waals surface area contributed by atoms with Crippen LogP contribution in [0.2, 0.25) is 0 Å². The highest BCUT2D eigenvalue weighted by atomic mass is 32.1. The fraction of sp³-hybridized carbons (Fsp3) is 0.500. The second-order valence-corrected chi connectivity index (χ2v) is 8.51. The lowest BCUT2D eigenvalue weighted by molar-refractivity contribution is -0.00138. The maximum Gasteiger partial charge on any atom is 0.265 e. The first-order valence-corrected chi connectivity index (χ1v) is 9.97. The van der Waals surface area contributed by atoms with Crippen LogP contribution in [0.25, 0.3) is 0 Å². The number of piperidine rings is 1. The average Bonchev–Trinajstić information content (AvgIpc) is 3.16. The molecule has 1 aromatic heterocycles. The van der Waals surface area contributed by atoms with Crippen LogP contribution in [-0.2, 0) is 5.41 Å². The molecule has 1 N–H and O–H groups in total. The summed E-state index contributed by atoms with van der Waals surface area (Å²) in [5, 5.41) is 11.3. The van der Waals surface area contributed by atoms with E-state index in [4.69, 9.17) is 0 Å². The van der Waals surface area contributed by atoms with E-state index in [0.29, 0.717) is 13.1 Å². The van der Waals surface area contributed by atoms with Crippen LogP contribution in [-0.4, -0.2) is 59.1 Å². The van der Waals surface area contributed by atoms with Gasteiger partial charge in [-0.25, -0.2) is 4.98 Å². The van der Waals surface area contributed by atoms with E-state index in [2.05, 4.69) is 28.1 Å². The summed E-state index contributed by atoms with van der Waals surface area (Å²) in [7, 11) is 4.05. The summed E-state index contributed by atoms with van der Waals surface area (Å²) in [6.07, 6.45) is 1.13. The number of rotatable bonds is 2. The van der Waals surface area contributed by atoms with Gasteiger partial charge in [0.1, 0.15) is 4.88 Å². The van der Waals surface area contributed by atoms with Gasteiger partial charge in [0.05, 0.1) is 23.4 Å². The number of aliphatic hydroxyl groups excluding tert-OH is 1. The quantitative estimate of drug-likeness (QED) is 0.882. The van der Waals surface area contributed by atoms with Gasteiger partial charge in [-0.1, -0.05) is 24.3 Å². The first kappa shape index (κ1) is 17.6. The number of carbonyl (C=O) groups is 1. The third-order valence-corrected chi connectivity index (χ3v) is 7.04. The van der Waals surface area contributed by atoms with Crippen molar-refractivity contribution in [1.82, 2.24) is 14.8 Å². The number of hydrogen-bond donors (Lipinski definition) is 1.